The summed E-state index contributed by atoms with van der Waals surface area (Å²) in [6.07, 6.45) is 3.06. The fourth-order valence-corrected chi connectivity index (χ4v) is 8.13. The molecule has 2 bridgehead atoms. The lowest BCUT2D eigenvalue weighted by Crippen LogP contribution is -2.62. The van der Waals surface area contributed by atoms with Crippen molar-refractivity contribution >= 4 is 39.1 Å². The zero-order valence-electron chi connectivity index (χ0n) is 20.0. The Kier molecular flexibility index (Phi) is 6.79. The van der Waals surface area contributed by atoms with Crippen LogP contribution in [0.4, 0.5) is 23.7 Å². The summed E-state index contributed by atoms with van der Waals surface area (Å²) in [6.45, 7) is 0. The lowest BCUT2D eigenvalue weighted by atomic mass is 9.51. The van der Waals surface area contributed by atoms with Gasteiger partial charge >= 0.3 is 6.09 Å². The van der Waals surface area contributed by atoms with Gasteiger partial charge < -0.3 is 15.8 Å². The van der Waals surface area contributed by atoms with Crippen LogP contribution in [0.25, 0.3) is 0 Å². The van der Waals surface area contributed by atoms with Crippen molar-refractivity contribution in [2.45, 2.75) is 35.0 Å². The first-order valence-electron chi connectivity index (χ1n) is 11.8. The Morgan fingerprint density at radius 2 is 1.72 bits per heavy atom. The summed E-state index contributed by atoms with van der Waals surface area (Å²) in [5.74, 6) is -6.26. The largest absolute Gasteiger partial charge is 0.438 e. The number of amides is 2. The summed E-state index contributed by atoms with van der Waals surface area (Å²) in [7, 11) is -4.07. The van der Waals surface area contributed by atoms with Gasteiger partial charge in [-0.15, -0.1) is 0 Å². The summed E-state index contributed by atoms with van der Waals surface area (Å²) < 4.78 is 73.3. The minimum atomic E-state index is -4.07. The summed E-state index contributed by atoms with van der Waals surface area (Å²) >= 11 is 6.25. The summed E-state index contributed by atoms with van der Waals surface area (Å²) in [5, 5.41) is 1.21. The topological polar surface area (TPSA) is 128 Å². The third-order valence-corrected chi connectivity index (χ3v) is 10.1. The van der Waals surface area contributed by atoms with E-state index in [1.54, 1.807) is 24.5 Å². The quantitative estimate of drug-likeness (QED) is 0.397. The highest BCUT2D eigenvalue weighted by molar-refractivity contribution is 7.92. The number of rotatable bonds is 6. The van der Waals surface area contributed by atoms with Gasteiger partial charge in [-0.05, 0) is 43.5 Å². The van der Waals surface area contributed by atoms with Gasteiger partial charge in [-0.3, -0.25) is 9.78 Å². The molecule has 204 valence electrons. The van der Waals surface area contributed by atoms with Crippen molar-refractivity contribution in [1.82, 2.24) is 4.98 Å². The average Bonchev–Trinajstić information content (AvgIpc) is 2.90. The average molecular weight is 580 g/mol. The van der Waals surface area contributed by atoms with Gasteiger partial charge in [0.25, 0.3) is 5.91 Å². The molecule has 0 aliphatic heterocycles. The number of anilines is 1. The summed E-state index contributed by atoms with van der Waals surface area (Å²) in [4.78, 5) is 28.3. The molecule has 2 aromatic carbocycles. The highest BCUT2D eigenvalue weighted by Crippen LogP contribution is 2.62. The monoisotopic (exact) mass is 579 g/mol. The van der Waals surface area contributed by atoms with Gasteiger partial charge in [-0.2, -0.15) is 0 Å². The molecule has 6 rings (SSSR count). The number of aromatic nitrogens is 1. The van der Waals surface area contributed by atoms with E-state index in [-0.39, 0.29) is 45.8 Å². The molecule has 2 atom stereocenters. The maximum atomic E-state index is 13.7. The molecule has 0 spiro atoms. The molecule has 13 heteroatoms. The highest BCUT2D eigenvalue weighted by atomic mass is 35.5. The predicted molar refractivity (Wildman–Crippen MR) is 134 cm³/mol. The standard InChI is InChI=1S/C26H21ClF3N3O5S/c27-19-4-3-13(24(34)33-17-10-20(28)23(30)21(29)11-17)6-22(19)39(36,37)18-8-15-7-16(9-18)26(15,38-25(31)35)14-2-1-5-32-12-14/h1-6,10-12,15-16,18H,7-9H2,(H2,31,35)(H,33,34). The molecule has 3 aromatic rings. The first-order chi connectivity index (χ1) is 18.4. The SMILES string of the molecule is NC(=O)OC1(c2cccnc2)C2CC1CC(S(=O)(=O)c1cc(C(=O)Nc3cc(F)c(F)c(F)c3)ccc1Cl)C2. The third kappa shape index (κ3) is 4.61. The predicted octanol–water partition coefficient (Wildman–Crippen LogP) is 4.97. The van der Waals surface area contributed by atoms with Crippen LogP contribution in [0, 0.1) is 29.3 Å². The Balaban J connectivity index is 1.41. The number of hydrogen-bond acceptors (Lipinski definition) is 6. The van der Waals surface area contributed by atoms with Crippen molar-refractivity contribution in [2.75, 3.05) is 5.32 Å². The van der Waals surface area contributed by atoms with Gasteiger partial charge in [-0.1, -0.05) is 17.7 Å². The van der Waals surface area contributed by atoms with E-state index in [4.69, 9.17) is 22.1 Å². The number of hydrogen-bond donors (Lipinski definition) is 2. The lowest BCUT2D eigenvalue weighted by molar-refractivity contribution is -0.182. The molecule has 1 aromatic heterocycles. The number of ether oxygens (including phenoxy) is 1. The van der Waals surface area contributed by atoms with E-state index in [0.29, 0.717) is 24.1 Å². The van der Waals surface area contributed by atoms with E-state index in [2.05, 4.69) is 10.3 Å². The van der Waals surface area contributed by atoms with Crippen LogP contribution in [0.3, 0.4) is 0 Å². The normalized spacial score (nSPS) is 23.9. The molecule has 0 radical (unpaired) electrons. The van der Waals surface area contributed by atoms with Crippen molar-refractivity contribution in [3.05, 3.63) is 88.5 Å². The number of sulfone groups is 1. The number of nitrogens with two attached hydrogens (primary N) is 1. The molecule has 2 amide bonds. The van der Waals surface area contributed by atoms with Gasteiger partial charge in [0.2, 0.25) is 0 Å². The number of carbonyl (C=O) groups is 2. The Hall–Kier alpha value is -3.64. The fraction of sp³-hybridized carbons (Fsp3) is 0.269. The number of primary amides is 1. The molecule has 1 heterocycles. The van der Waals surface area contributed by atoms with Crippen molar-refractivity contribution < 1.29 is 35.9 Å². The first-order valence-corrected chi connectivity index (χ1v) is 13.7. The molecule has 3 fully saturated rings. The maximum Gasteiger partial charge on any atom is 0.405 e. The number of fused-ring (bicyclic) bond motifs is 2. The lowest BCUT2D eigenvalue weighted by Gasteiger charge is -2.59. The van der Waals surface area contributed by atoms with Crippen LogP contribution in [0.15, 0.2) is 59.8 Å². The second kappa shape index (κ2) is 9.83. The van der Waals surface area contributed by atoms with Crippen molar-refractivity contribution in [1.29, 1.82) is 0 Å². The van der Waals surface area contributed by atoms with Crippen molar-refractivity contribution in [3.63, 3.8) is 0 Å². The second-order valence-corrected chi connectivity index (χ2v) is 12.2. The minimum Gasteiger partial charge on any atom is -0.438 e. The zero-order chi connectivity index (χ0) is 28.1. The van der Waals surface area contributed by atoms with Gasteiger partial charge in [-0.25, -0.2) is 26.4 Å². The Morgan fingerprint density at radius 3 is 2.31 bits per heavy atom. The molecule has 3 aliphatic carbocycles. The van der Waals surface area contributed by atoms with Crippen LogP contribution in [0.1, 0.15) is 35.2 Å². The van der Waals surface area contributed by atoms with Gasteiger partial charge in [0.15, 0.2) is 27.3 Å². The van der Waals surface area contributed by atoms with E-state index >= 15 is 0 Å². The molecule has 3 aliphatic rings. The second-order valence-electron chi connectivity index (χ2n) is 9.58. The Morgan fingerprint density at radius 1 is 1.05 bits per heavy atom. The Bertz CT molecular complexity index is 1550. The van der Waals surface area contributed by atoms with Gasteiger partial charge in [0, 0.05) is 53.2 Å². The number of carbonyl (C=O) groups excluding carboxylic acids is 2. The van der Waals surface area contributed by atoms with Gasteiger partial charge in [0.1, 0.15) is 5.60 Å². The molecule has 3 saturated carbocycles. The van der Waals surface area contributed by atoms with Crippen LogP contribution in [0.2, 0.25) is 5.02 Å². The number of halogens is 4. The molecule has 3 N–H and O–H groups in total. The van der Waals surface area contributed by atoms with Crippen LogP contribution >= 0.6 is 11.6 Å². The molecular weight excluding hydrogens is 559 g/mol. The van der Waals surface area contributed by atoms with E-state index in [1.165, 1.54) is 12.1 Å². The van der Waals surface area contributed by atoms with Crippen LogP contribution in [-0.4, -0.2) is 30.7 Å². The first kappa shape index (κ1) is 26.9. The summed E-state index contributed by atoms with van der Waals surface area (Å²) in [6, 6.07) is 8.20. The van der Waals surface area contributed by atoms with Gasteiger partial charge in [0.05, 0.1) is 15.2 Å². The van der Waals surface area contributed by atoms with E-state index in [1.807, 2.05) is 0 Å². The van der Waals surface area contributed by atoms with Crippen molar-refractivity contribution in [3.8, 4) is 0 Å². The smallest absolute Gasteiger partial charge is 0.405 e. The number of pyridine rings is 1. The number of nitrogens with zero attached hydrogens (tertiary/aromatic N) is 1. The fourth-order valence-electron chi connectivity index (χ4n) is 5.72. The molecule has 39 heavy (non-hydrogen) atoms. The molecule has 2 unspecified atom stereocenters. The maximum absolute atomic E-state index is 13.7. The number of nitrogens with one attached hydrogen (secondary N) is 1. The Labute approximate surface area is 226 Å². The zero-order valence-corrected chi connectivity index (χ0v) is 21.6. The minimum absolute atomic E-state index is 0.114. The summed E-state index contributed by atoms with van der Waals surface area (Å²) in [5.41, 5.74) is 4.41. The molecule has 0 saturated heterocycles. The molecular formula is C26H21ClF3N3O5S. The van der Waals surface area contributed by atoms with Crippen LogP contribution in [-0.2, 0) is 20.2 Å². The highest BCUT2D eigenvalue weighted by Gasteiger charge is 2.64. The van der Waals surface area contributed by atoms with E-state index in [9.17, 15) is 31.2 Å². The van der Waals surface area contributed by atoms with Crippen LogP contribution in [0.5, 0.6) is 0 Å². The van der Waals surface area contributed by atoms with Crippen molar-refractivity contribution in [2.24, 2.45) is 17.6 Å². The van der Waals surface area contributed by atoms with E-state index in [0.717, 1.165) is 6.07 Å². The molecule has 8 nitrogen and oxygen atoms in total. The third-order valence-electron chi connectivity index (χ3n) is 7.44. The number of benzene rings is 2. The van der Waals surface area contributed by atoms with Crippen LogP contribution < -0.4 is 11.1 Å². The van der Waals surface area contributed by atoms with E-state index < -0.39 is 50.1 Å².